The second-order valence-corrected chi connectivity index (χ2v) is 4.46. The summed E-state index contributed by atoms with van der Waals surface area (Å²) in [5.74, 6) is -1.70. The largest absolute Gasteiger partial charge is 0.345 e. The van der Waals surface area contributed by atoms with Gasteiger partial charge >= 0.3 is 0 Å². The number of benzene rings is 1. The van der Waals surface area contributed by atoms with Crippen LogP contribution in [0.25, 0.3) is 0 Å². The lowest BCUT2D eigenvalue weighted by molar-refractivity contribution is -0.129. The minimum atomic E-state index is -0.691. The van der Waals surface area contributed by atoms with Gasteiger partial charge in [0, 0.05) is 25.2 Å². The monoisotopic (exact) mass is 256 g/mol. The van der Waals surface area contributed by atoms with E-state index in [9.17, 15) is 13.6 Å². The van der Waals surface area contributed by atoms with E-state index in [2.05, 4.69) is 0 Å². The molecular formula is C13H18F2N2O. The van der Waals surface area contributed by atoms with Crippen molar-refractivity contribution in [2.75, 3.05) is 13.6 Å². The highest BCUT2D eigenvalue weighted by molar-refractivity contribution is 5.78. The fourth-order valence-electron chi connectivity index (χ4n) is 1.51. The Morgan fingerprint density at radius 2 is 1.94 bits per heavy atom. The van der Waals surface area contributed by atoms with Crippen LogP contribution in [0.5, 0.6) is 0 Å². The second kappa shape index (κ2) is 6.44. The fourth-order valence-corrected chi connectivity index (χ4v) is 1.51. The summed E-state index contributed by atoms with van der Waals surface area (Å²) in [6.07, 6.45) is 0.385. The summed E-state index contributed by atoms with van der Waals surface area (Å²) in [5.41, 5.74) is 5.40. The SMILES string of the molecule is CC(N)CCN(C)C(=O)Cc1c(F)cccc1F. The van der Waals surface area contributed by atoms with Gasteiger partial charge in [-0.15, -0.1) is 0 Å². The molecule has 0 bridgehead atoms. The molecule has 0 aliphatic carbocycles. The van der Waals surface area contributed by atoms with Crippen molar-refractivity contribution in [3.05, 3.63) is 35.4 Å². The van der Waals surface area contributed by atoms with Crippen molar-refractivity contribution in [2.45, 2.75) is 25.8 Å². The molecule has 18 heavy (non-hydrogen) atoms. The smallest absolute Gasteiger partial charge is 0.226 e. The number of halogens is 2. The summed E-state index contributed by atoms with van der Waals surface area (Å²) in [4.78, 5) is 13.2. The minimum absolute atomic E-state index is 0.00884. The molecule has 1 atom stereocenters. The number of nitrogens with zero attached hydrogens (tertiary/aromatic N) is 1. The summed E-state index contributed by atoms with van der Waals surface area (Å²) < 4.78 is 26.7. The molecule has 1 aromatic rings. The van der Waals surface area contributed by atoms with Gasteiger partial charge in [0.1, 0.15) is 11.6 Å². The zero-order chi connectivity index (χ0) is 13.7. The molecule has 1 amide bonds. The lowest BCUT2D eigenvalue weighted by atomic mass is 10.1. The molecule has 0 heterocycles. The molecule has 100 valence electrons. The predicted octanol–water partition coefficient (Wildman–Crippen LogP) is 1.70. The lowest BCUT2D eigenvalue weighted by Crippen LogP contribution is -2.32. The van der Waals surface area contributed by atoms with E-state index in [4.69, 9.17) is 5.73 Å². The third-order valence-electron chi connectivity index (χ3n) is 2.74. The maximum Gasteiger partial charge on any atom is 0.226 e. The van der Waals surface area contributed by atoms with E-state index in [-0.39, 0.29) is 23.9 Å². The van der Waals surface area contributed by atoms with Gasteiger partial charge in [0.25, 0.3) is 0 Å². The molecule has 1 aromatic carbocycles. The highest BCUT2D eigenvalue weighted by Gasteiger charge is 2.16. The molecule has 0 saturated heterocycles. The summed E-state index contributed by atoms with van der Waals surface area (Å²) in [7, 11) is 1.60. The second-order valence-electron chi connectivity index (χ2n) is 4.46. The first kappa shape index (κ1) is 14.6. The fraction of sp³-hybridized carbons (Fsp3) is 0.462. The lowest BCUT2D eigenvalue weighted by Gasteiger charge is -2.18. The molecule has 5 heteroatoms. The molecule has 0 spiro atoms. The Morgan fingerprint density at radius 3 is 2.44 bits per heavy atom. The number of hydrogen-bond donors (Lipinski definition) is 1. The normalized spacial score (nSPS) is 12.3. The first-order valence-corrected chi connectivity index (χ1v) is 5.84. The van der Waals surface area contributed by atoms with Crippen molar-refractivity contribution in [1.29, 1.82) is 0 Å². The summed E-state index contributed by atoms with van der Waals surface area (Å²) in [5, 5.41) is 0. The van der Waals surface area contributed by atoms with Gasteiger partial charge in [-0.25, -0.2) is 8.78 Å². The van der Waals surface area contributed by atoms with Crippen LogP contribution in [-0.2, 0) is 11.2 Å². The first-order chi connectivity index (χ1) is 8.41. The van der Waals surface area contributed by atoms with Crippen LogP contribution in [-0.4, -0.2) is 30.4 Å². The molecular weight excluding hydrogens is 238 g/mol. The van der Waals surface area contributed by atoms with Crippen LogP contribution in [0.2, 0.25) is 0 Å². The van der Waals surface area contributed by atoms with Crippen molar-refractivity contribution in [3.63, 3.8) is 0 Å². The Morgan fingerprint density at radius 1 is 1.39 bits per heavy atom. The zero-order valence-corrected chi connectivity index (χ0v) is 10.6. The van der Waals surface area contributed by atoms with Gasteiger partial charge in [0.15, 0.2) is 0 Å². The van der Waals surface area contributed by atoms with Crippen molar-refractivity contribution < 1.29 is 13.6 Å². The maximum atomic E-state index is 13.4. The number of carbonyl (C=O) groups excluding carboxylic acids is 1. The topological polar surface area (TPSA) is 46.3 Å². The molecule has 0 aromatic heterocycles. The Labute approximate surface area is 106 Å². The van der Waals surface area contributed by atoms with E-state index >= 15 is 0 Å². The molecule has 0 radical (unpaired) electrons. The van der Waals surface area contributed by atoms with Gasteiger partial charge in [-0.2, -0.15) is 0 Å². The molecule has 2 N–H and O–H groups in total. The van der Waals surface area contributed by atoms with Crippen LogP contribution in [0.3, 0.4) is 0 Å². The molecule has 0 aliphatic heterocycles. The maximum absolute atomic E-state index is 13.4. The predicted molar refractivity (Wildman–Crippen MR) is 66.0 cm³/mol. The first-order valence-electron chi connectivity index (χ1n) is 5.84. The van der Waals surface area contributed by atoms with E-state index in [1.165, 1.54) is 11.0 Å². The van der Waals surface area contributed by atoms with E-state index < -0.39 is 11.6 Å². The van der Waals surface area contributed by atoms with Crippen molar-refractivity contribution >= 4 is 5.91 Å². The number of likely N-dealkylation sites (N-methyl/N-ethyl adjacent to an activating group) is 1. The summed E-state index contributed by atoms with van der Waals surface area (Å²) in [6.45, 7) is 2.32. The van der Waals surface area contributed by atoms with Crippen molar-refractivity contribution in [1.82, 2.24) is 4.90 Å². The van der Waals surface area contributed by atoms with Crippen molar-refractivity contribution in [2.24, 2.45) is 5.73 Å². The van der Waals surface area contributed by atoms with E-state index in [1.54, 1.807) is 7.05 Å². The van der Waals surface area contributed by atoms with Gasteiger partial charge in [0.05, 0.1) is 6.42 Å². The molecule has 3 nitrogen and oxygen atoms in total. The quantitative estimate of drug-likeness (QED) is 0.871. The van der Waals surface area contributed by atoms with E-state index in [1.807, 2.05) is 6.92 Å². The van der Waals surface area contributed by atoms with Crippen LogP contribution >= 0.6 is 0 Å². The molecule has 0 saturated carbocycles. The standard InChI is InChI=1S/C13H18F2N2O/c1-9(16)6-7-17(2)13(18)8-10-11(14)4-3-5-12(10)15/h3-5,9H,6-8,16H2,1-2H3. The minimum Gasteiger partial charge on any atom is -0.345 e. The third-order valence-corrected chi connectivity index (χ3v) is 2.74. The zero-order valence-electron chi connectivity index (χ0n) is 10.6. The van der Waals surface area contributed by atoms with Crippen LogP contribution < -0.4 is 5.73 Å². The third kappa shape index (κ3) is 4.07. The van der Waals surface area contributed by atoms with Crippen molar-refractivity contribution in [3.8, 4) is 0 Å². The van der Waals surface area contributed by atoms with Gasteiger partial charge in [0.2, 0.25) is 5.91 Å². The van der Waals surface area contributed by atoms with Gasteiger partial charge < -0.3 is 10.6 Å². The molecule has 1 rings (SSSR count). The van der Waals surface area contributed by atoms with Crippen LogP contribution in [0.4, 0.5) is 8.78 Å². The number of hydrogen-bond acceptors (Lipinski definition) is 2. The summed E-state index contributed by atoms with van der Waals surface area (Å²) >= 11 is 0. The number of rotatable bonds is 5. The van der Waals surface area contributed by atoms with E-state index in [0.717, 1.165) is 12.1 Å². The highest BCUT2D eigenvalue weighted by Crippen LogP contribution is 2.13. The molecule has 0 fully saturated rings. The Bertz CT molecular complexity index is 401. The van der Waals surface area contributed by atoms with E-state index in [0.29, 0.717) is 13.0 Å². The Kier molecular flexibility index (Phi) is 5.22. The average Bonchev–Trinajstić information content (AvgIpc) is 2.30. The van der Waals surface area contributed by atoms with Gasteiger partial charge in [-0.05, 0) is 25.5 Å². The Balaban J connectivity index is 2.64. The average molecular weight is 256 g/mol. The molecule has 1 unspecified atom stereocenters. The number of amides is 1. The van der Waals surface area contributed by atoms with Crippen LogP contribution in [0, 0.1) is 11.6 Å². The molecule has 0 aliphatic rings. The van der Waals surface area contributed by atoms with Gasteiger partial charge in [-0.1, -0.05) is 6.07 Å². The highest BCUT2D eigenvalue weighted by atomic mass is 19.1. The Hall–Kier alpha value is -1.49. The number of carbonyl (C=O) groups is 1. The van der Waals surface area contributed by atoms with Gasteiger partial charge in [-0.3, -0.25) is 4.79 Å². The number of nitrogens with two attached hydrogens (primary N) is 1. The van der Waals surface area contributed by atoms with Crippen LogP contribution in [0.15, 0.2) is 18.2 Å². The summed E-state index contributed by atoms with van der Waals surface area (Å²) in [6, 6.07) is 3.56. The van der Waals surface area contributed by atoms with Crippen LogP contribution in [0.1, 0.15) is 18.9 Å².